The van der Waals surface area contributed by atoms with E-state index in [9.17, 15) is 4.79 Å². The van der Waals surface area contributed by atoms with Crippen LogP contribution in [0.1, 0.15) is 16.0 Å². The van der Waals surface area contributed by atoms with E-state index in [0.29, 0.717) is 17.4 Å². The summed E-state index contributed by atoms with van der Waals surface area (Å²) in [5.41, 5.74) is 2.21. The van der Waals surface area contributed by atoms with Gasteiger partial charge in [-0.25, -0.2) is 0 Å². The molecule has 3 rings (SSSR count). The number of nitrogens with one attached hydrogen (secondary N) is 1. The van der Waals surface area contributed by atoms with Crippen molar-refractivity contribution < 1.29 is 4.79 Å². The van der Waals surface area contributed by atoms with Crippen LogP contribution in [0.3, 0.4) is 0 Å². The number of hydrogen-bond acceptors (Lipinski definition) is 3. The second kappa shape index (κ2) is 7.95. The van der Waals surface area contributed by atoms with Crippen LogP contribution in [0.15, 0.2) is 60.9 Å². The first-order valence-corrected chi connectivity index (χ1v) is 8.65. The molecule has 0 bridgehead atoms. The fourth-order valence-electron chi connectivity index (χ4n) is 2.27. The molecule has 0 fully saturated rings. The fraction of sp³-hybridized carbons (Fsp3) is 0.111. The predicted molar refractivity (Wildman–Crippen MR) is 98.0 cm³/mol. The van der Waals surface area contributed by atoms with Gasteiger partial charge in [-0.15, -0.1) is 11.3 Å². The lowest BCUT2D eigenvalue weighted by Gasteiger charge is -2.10. The Morgan fingerprint density at radius 2 is 2.04 bits per heavy atom. The van der Waals surface area contributed by atoms with E-state index >= 15 is 0 Å². The third-order valence-electron chi connectivity index (χ3n) is 3.46. The van der Waals surface area contributed by atoms with Gasteiger partial charge in [-0.1, -0.05) is 35.9 Å². The molecule has 1 N–H and O–H groups in total. The average molecular weight is 358 g/mol. The van der Waals surface area contributed by atoms with Gasteiger partial charge in [0.15, 0.2) is 0 Å². The molecule has 0 spiro atoms. The molecular formula is C18H16ClN3OS. The number of aromatic nitrogens is 2. The number of nitrogens with zero attached hydrogens (tertiary/aromatic N) is 2. The van der Waals surface area contributed by atoms with Gasteiger partial charge >= 0.3 is 0 Å². The van der Waals surface area contributed by atoms with Gasteiger partial charge in [0.25, 0.3) is 0 Å². The molecule has 122 valence electrons. The summed E-state index contributed by atoms with van der Waals surface area (Å²) < 4.78 is 2.57. The molecule has 24 heavy (non-hydrogen) atoms. The van der Waals surface area contributed by atoms with Gasteiger partial charge < -0.3 is 5.32 Å². The summed E-state index contributed by atoms with van der Waals surface area (Å²) >= 11 is 7.31. The predicted octanol–water partition coefficient (Wildman–Crippen LogP) is 3.98. The summed E-state index contributed by atoms with van der Waals surface area (Å²) in [6.07, 6.45) is 6.97. The summed E-state index contributed by atoms with van der Waals surface area (Å²) in [6, 6.07) is 13.6. The van der Waals surface area contributed by atoms with Crippen LogP contribution in [-0.4, -0.2) is 15.7 Å². The van der Waals surface area contributed by atoms with Crippen molar-refractivity contribution in [3.63, 3.8) is 0 Å². The highest BCUT2D eigenvalue weighted by Gasteiger charge is 2.04. The maximum absolute atomic E-state index is 12.0. The van der Waals surface area contributed by atoms with Crippen LogP contribution in [0.5, 0.6) is 0 Å². The molecule has 3 aromatic rings. The Morgan fingerprint density at radius 1 is 1.21 bits per heavy atom. The van der Waals surface area contributed by atoms with Crippen LogP contribution in [0.25, 0.3) is 6.08 Å². The van der Waals surface area contributed by atoms with Crippen molar-refractivity contribution in [3.05, 3.63) is 81.3 Å². The van der Waals surface area contributed by atoms with Crippen LogP contribution >= 0.6 is 22.9 Å². The zero-order chi connectivity index (χ0) is 16.8. The maximum atomic E-state index is 12.0. The van der Waals surface area contributed by atoms with Gasteiger partial charge in [-0.3, -0.25) is 9.48 Å². The van der Waals surface area contributed by atoms with Crippen molar-refractivity contribution in [1.29, 1.82) is 0 Å². The maximum Gasteiger partial charge on any atom is 0.244 e. The number of carbonyl (C=O) groups is 1. The molecule has 6 heteroatoms. The molecule has 0 aliphatic heterocycles. The first kappa shape index (κ1) is 16.5. The first-order valence-electron chi connectivity index (χ1n) is 7.46. The van der Waals surface area contributed by atoms with E-state index in [2.05, 4.69) is 10.4 Å². The van der Waals surface area contributed by atoms with E-state index in [1.807, 2.05) is 53.3 Å². The molecule has 2 heterocycles. The smallest absolute Gasteiger partial charge is 0.244 e. The lowest BCUT2D eigenvalue weighted by Crippen LogP contribution is -2.21. The molecule has 0 saturated heterocycles. The van der Waals surface area contributed by atoms with Crippen molar-refractivity contribution in [3.8, 4) is 0 Å². The van der Waals surface area contributed by atoms with Crippen molar-refractivity contribution >= 4 is 34.9 Å². The molecule has 2 aromatic heterocycles. The quantitative estimate of drug-likeness (QED) is 0.678. The SMILES string of the molecule is O=C(/C=C/c1ccc(Cl)s1)NCc1ccccc1Cn1cccn1. The van der Waals surface area contributed by atoms with Crippen molar-refractivity contribution in [2.75, 3.05) is 0 Å². The van der Waals surface area contributed by atoms with E-state index in [1.54, 1.807) is 12.3 Å². The van der Waals surface area contributed by atoms with E-state index in [-0.39, 0.29) is 5.91 Å². The molecule has 0 atom stereocenters. The number of carbonyl (C=O) groups excluding carboxylic acids is 1. The minimum atomic E-state index is -0.131. The Balaban J connectivity index is 1.60. The molecule has 1 amide bonds. The highest BCUT2D eigenvalue weighted by atomic mass is 35.5. The summed E-state index contributed by atoms with van der Waals surface area (Å²) in [5.74, 6) is -0.131. The largest absolute Gasteiger partial charge is 0.348 e. The van der Waals surface area contributed by atoms with Crippen LogP contribution in [0.4, 0.5) is 0 Å². The van der Waals surface area contributed by atoms with Gasteiger partial charge in [0.1, 0.15) is 0 Å². The van der Waals surface area contributed by atoms with E-state index < -0.39 is 0 Å². The van der Waals surface area contributed by atoms with Crippen molar-refractivity contribution in [1.82, 2.24) is 15.1 Å². The Morgan fingerprint density at radius 3 is 2.75 bits per heavy atom. The number of halogens is 1. The Labute approximate surface area is 149 Å². The molecule has 0 aliphatic carbocycles. The van der Waals surface area contributed by atoms with Gasteiger partial charge in [0.2, 0.25) is 5.91 Å². The number of rotatable bonds is 6. The van der Waals surface area contributed by atoms with Crippen LogP contribution in [0, 0.1) is 0 Å². The summed E-state index contributed by atoms with van der Waals surface area (Å²) in [7, 11) is 0. The highest BCUT2D eigenvalue weighted by molar-refractivity contribution is 7.17. The first-order chi connectivity index (χ1) is 11.7. The van der Waals surface area contributed by atoms with Crippen molar-refractivity contribution in [2.45, 2.75) is 13.1 Å². The zero-order valence-corrected chi connectivity index (χ0v) is 14.4. The number of thiophene rings is 1. The Bertz CT molecular complexity index is 840. The molecule has 0 aliphatic rings. The average Bonchev–Trinajstić information content (AvgIpc) is 3.24. The van der Waals surface area contributed by atoms with E-state index in [4.69, 9.17) is 11.6 Å². The molecule has 4 nitrogen and oxygen atoms in total. The topological polar surface area (TPSA) is 46.9 Å². The number of hydrogen-bond donors (Lipinski definition) is 1. The molecule has 0 saturated carbocycles. The highest BCUT2D eigenvalue weighted by Crippen LogP contribution is 2.22. The van der Waals surface area contributed by atoms with Crippen LogP contribution < -0.4 is 5.32 Å². The second-order valence-corrected chi connectivity index (χ2v) is 6.91. The monoisotopic (exact) mass is 357 g/mol. The van der Waals surface area contributed by atoms with Gasteiger partial charge in [0, 0.05) is 29.9 Å². The zero-order valence-electron chi connectivity index (χ0n) is 12.9. The summed E-state index contributed by atoms with van der Waals surface area (Å²) in [5, 5.41) is 7.13. The lowest BCUT2D eigenvalue weighted by molar-refractivity contribution is -0.116. The number of amides is 1. The third kappa shape index (κ3) is 4.57. The Hall–Kier alpha value is -2.37. The molecule has 0 radical (unpaired) electrons. The molecule has 0 unspecified atom stereocenters. The number of benzene rings is 1. The minimum absolute atomic E-state index is 0.131. The molecular weight excluding hydrogens is 342 g/mol. The second-order valence-electron chi connectivity index (χ2n) is 5.17. The van der Waals surface area contributed by atoms with Gasteiger partial charge in [0.05, 0.1) is 10.9 Å². The van der Waals surface area contributed by atoms with Gasteiger partial charge in [-0.05, 0) is 35.4 Å². The fourth-order valence-corrected chi connectivity index (χ4v) is 3.23. The minimum Gasteiger partial charge on any atom is -0.348 e. The summed E-state index contributed by atoms with van der Waals surface area (Å²) in [4.78, 5) is 12.9. The van der Waals surface area contributed by atoms with E-state index in [1.165, 1.54) is 17.4 Å². The van der Waals surface area contributed by atoms with Crippen molar-refractivity contribution in [2.24, 2.45) is 0 Å². The third-order valence-corrected chi connectivity index (χ3v) is 4.65. The Kier molecular flexibility index (Phi) is 5.46. The molecule has 1 aromatic carbocycles. The standard InChI is InChI=1S/C18H16ClN3OS/c19-17-8-6-16(24-17)7-9-18(23)20-12-14-4-1-2-5-15(14)13-22-11-3-10-21-22/h1-11H,12-13H2,(H,20,23)/b9-7+. The van der Waals surface area contributed by atoms with Crippen LogP contribution in [0.2, 0.25) is 4.34 Å². The lowest BCUT2D eigenvalue weighted by atomic mass is 10.1. The van der Waals surface area contributed by atoms with E-state index in [0.717, 1.165) is 16.0 Å². The summed E-state index contributed by atoms with van der Waals surface area (Å²) in [6.45, 7) is 1.16. The van der Waals surface area contributed by atoms with Crippen LogP contribution in [-0.2, 0) is 17.9 Å². The van der Waals surface area contributed by atoms with Gasteiger partial charge in [-0.2, -0.15) is 5.10 Å². The normalized spacial score (nSPS) is 11.0.